The summed E-state index contributed by atoms with van der Waals surface area (Å²) in [6.07, 6.45) is 0.393. The molecule has 0 aromatic rings. The second kappa shape index (κ2) is 6.86. The van der Waals surface area contributed by atoms with Gasteiger partial charge in [0.25, 0.3) is 0 Å². The van der Waals surface area contributed by atoms with E-state index in [-0.39, 0.29) is 12.8 Å². The minimum atomic E-state index is -1.37. The molecular weight excluding hydrogens is 337 g/mol. The minimum absolute atomic E-state index is 0.197. The minimum Gasteiger partial charge on any atom is -0.160 e. The van der Waals surface area contributed by atoms with Gasteiger partial charge in [-0.2, -0.15) is 10.2 Å². The third-order valence-corrected chi connectivity index (χ3v) is 2.11. The summed E-state index contributed by atoms with van der Waals surface area (Å²) in [6, 6.07) is 0. The van der Waals surface area contributed by atoms with E-state index in [4.69, 9.17) is 69.6 Å². The Morgan fingerprint density at radius 2 is 1.00 bits per heavy atom. The molecule has 94 valence electrons. The molecule has 0 N–H and O–H groups in total. The van der Waals surface area contributed by atoms with E-state index in [0.29, 0.717) is 11.4 Å². The van der Waals surface area contributed by atoms with Crippen molar-refractivity contribution in [1.82, 2.24) is 0 Å². The van der Waals surface area contributed by atoms with Crippen LogP contribution in [0.2, 0.25) is 0 Å². The van der Waals surface area contributed by atoms with Gasteiger partial charge in [0, 0.05) is 24.3 Å². The van der Waals surface area contributed by atoms with Crippen molar-refractivity contribution in [1.29, 1.82) is 0 Å². The van der Waals surface area contributed by atoms with Crippen LogP contribution >= 0.6 is 69.6 Å². The maximum atomic E-state index is 5.59. The fourth-order valence-corrected chi connectivity index (χ4v) is 1.98. The molecule has 8 heteroatoms. The van der Waals surface area contributed by atoms with Gasteiger partial charge < -0.3 is 0 Å². The van der Waals surface area contributed by atoms with Crippen LogP contribution in [-0.4, -0.2) is 19.0 Å². The number of nitrogens with zero attached hydrogens (tertiary/aromatic N) is 2. The summed E-state index contributed by atoms with van der Waals surface area (Å²) in [5.74, 6) is 0. The number of rotatable bonds is 3. The zero-order chi connectivity index (χ0) is 13.0. The van der Waals surface area contributed by atoms with Crippen LogP contribution in [0.25, 0.3) is 0 Å². The second-order valence-corrected chi connectivity index (χ2v) is 8.29. The monoisotopic (exact) mass is 344 g/mol. The topological polar surface area (TPSA) is 24.7 Å². The first-order valence-corrected chi connectivity index (χ1v) is 6.46. The van der Waals surface area contributed by atoms with Crippen LogP contribution in [0.5, 0.6) is 0 Å². The molecule has 0 spiro atoms. The molecule has 0 atom stereocenters. The maximum absolute atomic E-state index is 5.59. The lowest BCUT2D eigenvalue weighted by molar-refractivity contribution is 1.05. The van der Waals surface area contributed by atoms with Gasteiger partial charge in [0.05, 0.1) is 0 Å². The predicted molar refractivity (Wildman–Crippen MR) is 76.0 cm³/mol. The zero-order valence-corrected chi connectivity index (χ0v) is 13.1. The fourth-order valence-electron chi connectivity index (χ4n) is 0.822. The molecule has 0 aromatic heterocycles. The smallest absolute Gasteiger partial charge is 0.160 e. The largest absolute Gasteiger partial charge is 0.195 e. The van der Waals surface area contributed by atoms with Gasteiger partial charge >= 0.3 is 0 Å². The molecule has 0 saturated carbocycles. The summed E-state index contributed by atoms with van der Waals surface area (Å²) >= 11 is 33.5. The standard InChI is InChI=1S/C8H10Cl6N2/c1-5(3-7(9,10)11)15-16-6(2)4-8(12,13)14/h3-4H2,1-2H3/b15-5-,16-6+. The lowest BCUT2D eigenvalue weighted by Gasteiger charge is -2.10. The average Bonchev–Trinajstić information content (AvgIpc) is 1.94. The Labute approximate surface area is 125 Å². The van der Waals surface area contributed by atoms with Crippen LogP contribution in [0.1, 0.15) is 26.7 Å². The summed E-state index contributed by atoms with van der Waals surface area (Å²) in [5, 5.41) is 7.74. The molecule has 0 amide bonds. The van der Waals surface area contributed by atoms with E-state index in [0.717, 1.165) is 0 Å². The Bertz CT molecular complexity index is 256. The molecule has 0 aliphatic rings. The molecule has 0 radical (unpaired) electrons. The average molecular weight is 347 g/mol. The van der Waals surface area contributed by atoms with Gasteiger partial charge in [-0.25, -0.2) is 0 Å². The summed E-state index contributed by atoms with van der Waals surface area (Å²) in [7, 11) is 0. The molecule has 16 heavy (non-hydrogen) atoms. The Morgan fingerprint density at radius 1 is 0.750 bits per heavy atom. The summed E-state index contributed by atoms with van der Waals surface area (Å²) in [6.45, 7) is 3.40. The van der Waals surface area contributed by atoms with E-state index in [1.807, 2.05) is 0 Å². The van der Waals surface area contributed by atoms with Crippen molar-refractivity contribution >= 4 is 81.0 Å². The molecule has 0 rings (SSSR count). The molecule has 0 unspecified atom stereocenters. The second-order valence-electron chi connectivity index (χ2n) is 3.25. The summed E-state index contributed by atoms with van der Waals surface area (Å²) in [5.41, 5.74) is 1.17. The molecule has 0 saturated heterocycles. The van der Waals surface area contributed by atoms with Crippen molar-refractivity contribution in [2.75, 3.05) is 0 Å². The van der Waals surface area contributed by atoms with Crippen LogP contribution in [-0.2, 0) is 0 Å². The summed E-state index contributed by atoms with van der Waals surface area (Å²) < 4.78 is -2.74. The maximum Gasteiger partial charge on any atom is 0.195 e. The van der Waals surface area contributed by atoms with E-state index >= 15 is 0 Å². The number of halogens is 6. The van der Waals surface area contributed by atoms with Crippen molar-refractivity contribution in [3.05, 3.63) is 0 Å². The van der Waals surface area contributed by atoms with Crippen molar-refractivity contribution in [3.63, 3.8) is 0 Å². The summed E-state index contributed by atoms with van der Waals surface area (Å²) in [4.78, 5) is 0. The third kappa shape index (κ3) is 11.6. The van der Waals surface area contributed by atoms with Crippen LogP contribution in [0, 0.1) is 0 Å². The van der Waals surface area contributed by atoms with Gasteiger partial charge in [-0.05, 0) is 13.8 Å². The third-order valence-electron chi connectivity index (χ3n) is 1.30. The van der Waals surface area contributed by atoms with E-state index < -0.39 is 7.59 Å². The molecular formula is C8H10Cl6N2. The fraction of sp³-hybridized carbons (Fsp3) is 0.750. The van der Waals surface area contributed by atoms with E-state index in [2.05, 4.69) is 10.2 Å². The van der Waals surface area contributed by atoms with E-state index in [9.17, 15) is 0 Å². The van der Waals surface area contributed by atoms with Gasteiger partial charge in [-0.1, -0.05) is 69.6 Å². The van der Waals surface area contributed by atoms with Crippen molar-refractivity contribution < 1.29 is 0 Å². The molecule has 0 fully saturated rings. The highest BCUT2D eigenvalue weighted by Crippen LogP contribution is 2.31. The highest BCUT2D eigenvalue weighted by Gasteiger charge is 2.22. The molecule has 0 aliphatic carbocycles. The van der Waals surface area contributed by atoms with Gasteiger partial charge in [0.2, 0.25) is 0 Å². The molecule has 0 heterocycles. The van der Waals surface area contributed by atoms with Gasteiger partial charge in [-0.15, -0.1) is 0 Å². The molecule has 0 aliphatic heterocycles. The van der Waals surface area contributed by atoms with Crippen LogP contribution in [0.4, 0.5) is 0 Å². The normalized spacial score (nSPS) is 15.5. The van der Waals surface area contributed by atoms with Crippen LogP contribution in [0.3, 0.4) is 0 Å². The number of hydrogen-bond donors (Lipinski definition) is 0. The lowest BCUT2D eigenvalue weighted by atomic mass is 10.3. The Kier molecular flexibility index (Phi) is 7.33. The van der Waals surface area contributed by atoms with Gasteiger partial charge in [0.1, 0.15) is 0 Å². The Morgan fingerprint density at radius 3 is 1.19 bits per heavy atom. The first-order chi connectivity index (χ1) is 6.99. The quantitative estimate of drug-likeness (QED) is 0.374. The molecule has 2 nitrogen and oxygen atoms in total. The molecule has 0 aromatic carbocycles. The molecule has 0 bridgehead atoms. The lowest BCUT2D eigenvalue weighted by Crippen LogP contribution is -2.10. The first-order valence-electron chi connectivity index (χ1n) is 4.20. The highest BCUT2D eigenvalue weighted by molar-refractivity contribution is 6.68. The Balaban J connectivity index is 4.39. The highest BCUT2D eigenvalue weighted by atomic mass is 35.6. The Hall–Kier alpha value is 1.08. The van der Waals surface area contributed by atoms with E-state index in [1.54, 1.807) is 13.8 Å². The van der Waals surface area contributed by atoms with Crippen molar-refractivity contribution in [2.45, 2.75) is 34.3 Å². The van der Waals surface area contributed by atoms with E-state index in [1.165, 1.54) is 0 Å². The van der Waals surface area contributed by atoms with Gasteiger partial charge in [0.15, 0.2) is 7.59 Å². The predicted octanol–water partition coefficient (Wildman–Crippen LogP) is 5.34. The van der Waals surface area contributed by atoms with Crippen molar-refractivity contribution in [3.8, 4) is 0 Å². The zero-order valence-electron chi connectivity index (χ0n) is 8.58. The first kappa shape index (κ1) is 17.1. The van der Waals surface area contributed by atoms with Crippen LogP contribution < -0.4 is 0 Å². The van der Waals surface area contributed by atoms with Crippen molar-refractivity contribution in [2.24, 2.45) is 10.2 Å². The number of hydrogen-bond acceptors (Lipinski definition) is 2. The van der Waals surface area contributed by atoms with Gasteiger partial charge in [-0.3, -0.25) is 0 Å². The SMILES string of the molecule is C/C(CC(Cl)(Cl)Cl)=N/N=C(\C)CC(Cl)(Cl)Cl. The number of alkyl halides is 6. The van der Waals surface area contributed by atoms with Crippen LogP contribution in [0.15, 0.2) is 10.2 Å².